The number of benzene rings is 1. The molecule has 2 N–H and O–H groups in total. The first-order chi connectivity index (χ1) is 12.7. The van der Waals surface area contributed by atoms with Crippen molar-refractivity contribution in [2.24, 2.45) is 0 Å². The van der Waals surface area contributed by atoms with Crippen molar-refractivity contribution >= 4 is 10.9 Å². The molecule has 0 amide bonds. The van der Waals surface area contributed by atoms with Crippen LogP contribution in [0.1, 0.15) is 12.6 Å². The Balaban J connectivity index is 1.71. The number of aromatic nitrogens is 5. The van der Waals surface area contributed by atoms with Gasteiger partial charge in [-0.1, -0.05) is 0 Å². The normalized spacial score (nSPS) is 11.1. The van der Waals surface area contributed by atoms with Crippen molar-refractivity contribution in [2.75, 3.05) is 6.61 Å². The summed E-state index contributed by atoms with van der Waals surface area (Å²) in [6.45, 7) is 3.24. The minimum atomic E-state index is -0.157. The number of aryl methyl sites for hydroxylation is 2. The van der Waals surface area contributed by atoms with Crippen LogP contribution < -0.4 is 10.3 Å². The van der Waals surface area contributed by atoms with E-state index < -0.39 is 0 Å². The average molecular weight is 349 g/mol. The van der Waals surface area contributed by atoms with Gasteiger partial charge in [0.25, 0.3) is 5.56 Å². The van der Waals surface area contributed by atoms with E-state index in [-0.39, 0.29) is 5.56 Å². The fourth-order valence-corrected chi connectivity index (χ4v) is 3.00. The van der Waals surface area contributed by atoms with Crippen LogP contribution in [0.3, 0.4) is 0 Å². The Morgan fingerprint density at radius 2 is 2.19 bits per heavy atom. The van der Waals surface area contributed by atoms with Gasteiger partial charge in [-0.25, -0.2) is 9.97 Å². The first kappa shape index (κ1) is 16.1. The van der Waals surface area contributed by atoms with E-state index in [1.807, 2.05) is 42.0 Å². The Bertz CT molecular complexity index is 1080. The number of H-pyrrole nitrogens is 2. The summed E-state index contributed by atoms with van der Waals surface area (Å²) in [7, 11) is 0. The molecule has 26 heavy (non-hydrogen) atoms. The van der Waals surface area contributed by atoms with Crippen molar-refractivity contribution in [3.05, 3.63) is 65.2 Å². The number of aromatic amines is 2. The van der Waals surface area contributed by atoms with E-state index in [4.69, 9.17) is 4.74 Å². The zero-order chi connectivity index (χ0) is 17.9. The van der Waals surface area contributed by atoms with Crippen molar-refractivity contribution in [3.8, 4) is 17.1 Å². The van der Waals surface area contributed by atoms with Gasteiger partial charge in [0, 0.05) is 48.2 Å². The SMILES string of the molecule is CCOc1ccc2[nH]c(=O)c(-c3nccn3CCc3cnc[nH]3)cc2c1. The van der Waals surface area contributed by atoms with Crippen LogP contribution in [0.2, 0.25) is 0 Å². The van der Waals surface area contributed by atoms with Crippen LogP contribution in [-0.2, 0) is 13.0 Å². The van der Waals surface area contributed by atoms with E-state index in [1.165, 1.54) is 0 Å². The molecule has 132 valence electrons. The third kappa shape index (κ3) is 3.11. The van der Waals surface area contributed by atoms with Crippen molar-refractivity contribution in [1.29, 1.82) is 0 Å². The summed E-state index contributed by atoms with van der Waals surface area (Å²) in [6.07, 6.45) is 7.83. The number of imidazole rings is 2. The van der Waals surface area contributed by atoms with Gasteiger partial charge in [-0.3, -0.25) is 4.79 Å². The quantitative estimate of drug-likeness (QED) is 0.560. The first-order valence-corrected chi connectivity index (χ1v) is 8.53. The van der Waals surface area contributed by atoms with Gasteiger partial charge in [-0.05, 0) is 31.2 Å². The number of fused-ring (bicyclic) bond motifs is 1. The highest BCUT2D eigenvalue weighted by Crippen LogP contribution is 2.22. The molecule has 0 aliphatic carbocycles. The van der Waals surface area contributed by atoms with Crippen LogP contribution in [-0.4, -0.2) is 31.1 Å². The average Bonchev–Trinajstić information content (AvgIpc) is 3.31. The molecular weight excluding hydrogens is 330 g/mol. The Kier molecular flexibility index (Phi) is 4.27. The highest BCUT2D eigenvalue weighted by atomic mass is 16.5. The number of pyridine rings is 1. The number of rotatable bonds is 6. The Labute approximate surface area is 149 Å². The third-order valence-corrected chi connectivity index (χ3v) is 4.26. The maximum absolute atomic E-state index is 12.6. The Morgan fingerprint density at radius 3 is 3.00 bits per heavy atom. The van der Waals surface area contributed by atoms with Gasteiger partial charge >= 0.3 is 0 Å². The largest absolute Gasteiger partial charge is 0.494 e. The molecule has 3 aromatic heterocycles. The fourth-order valence-electron chi connectivity index (χ4n) is 3.00. The lowest BCUT2D eigenvalue weighted by atomic mass is 10.1. The number of ether oxygens (including phenoxy) is 1. The molecule has 0 unspecified atom stereocenters. The standard InChI is InChI=1S/C19H19N5O2/c1-2-26-15-3-4-17-13(9-15)10-16(19(25)23-17)18-21-6-8-24(18)7-5-14-11-20-12-22-14/h3-4,6,8-12H,2,5,7H2,1H3,(H,20,22)(H,23,25). The zero-order valence-electron chi connectivity index (χ0n) is 14.4. The van der Waals surface area contributed by atoms with Crippen molar-refractivity contribution in [2.45, 2.75) is 19.9 Å². The molecule has 4 rings (SSSR count). The fraction of sp³-hybridized carbons (Fsp3) is 0.211. The zero-order valence-corrected chi connectivity index (χ0v) is 14.4. The Hall–Kier alpha value is -3.35. The van der Waals surface area contributed by atoms with Crippen LogP contribution in [0.25, 0.3) is 22.3 Å². The summed E-state index contributed by atoms with van der Waals surface area (Å²) in [5, 5.41) is 0.911. The second-order valence-electron chi connectivity index (χ2n) is 5.97. The predicted octanol–water partition coefficient (Wildman–Crippen LogP) is 2.76. The van der Waals surface area contributed by atoms with Crippen LogP contribution in [0.5, 0.6) is 5.75 Å². The monoisotopic (exact) mass is 349 g/mol. The molecule has 0 fully saturated rings. The van der Waals surface area contributed by atoms with Gasteiger partial charge in [-0.15, -0.1) is 0 Å². The molecule has 0 saturated carbocycles. The van der Waals surface area contributed by atoms with E-state index in [1.54, 1.807) is 18.7 Å². The summed E-state index contributed by atoms with van der Waals surface area (Å²) in [6, 6.07) is 7.50. The van der Waals surface area contributed by atoms with Crippen LogP contribution in [0.4, 0.5) is 0 Å². The molecule has 0 bridgehead atoms. The molecule has 0 aliphatic rings. The van der Waals surface area contributed by atoms with Gasteiger partial charge in [0.2, 0.25) is 0 Å². The van der Waals surface area contributed by atoms with Crippen molar-refractivity contribution in [3.63, 3.8) is 0 Å². The number of hydrogen-bond acceptors (Lipinski definition) is 4. The van der Waals surface area contributed by atoms with E-state index in [2.05, 4.69) is 19.9 Å². The summed E-state index contributed by atoms with van der Waals surface area (Å²) < 4.78 is 7.53. The number of nitrogens with one attached hydrogen (secondary N) is 2. The van der Waals surface area contributed by atoms with Gasteiger partial charge in [0.15, 0.2) is 0 Å². The molecule has 0 aliphatic heterocycles. The minimum absolute atomic E-state index is 0.157. The highest BCUT2D eigenvalue weighted by molar-refractivity contribution is 5.83. The number of hydrogen-bond donors (Lipinski definition) is 2. The second-order valence-corrected chi connectivity index (χ2v) is 5.97. The third-order valence-electron chi connectivity index (χ3n) is 4.26. The predicted molar refractivity (Wildman–Crippen MR) is 99.3 cm³/mol. The van der Waals surface area contributed by atoms with Gasteiger partial charge in [0.05, 0.1) is 18.5 Å². The lowest BCUT2D eigenvalue weighted by molar-refractivity contribution is 0.340. The maximum atomic E-state index is 12.6. The summed E-state index contributed by atoms with van der Waals surface area (Å²) in [4.78, 5) is 27.0. The second kappa shape index (κ2) is 6.87. The molecule has 0 saturated heterocycles. The van der Waals surface area contributed by atoms with Gasteiger partial charge in [0.1, 0.15) is 11.6 Å². The van der Waals surface area contributed by atoms with Crippen LogP contribution >= 0.6 is 0 Å². The van der Waals surface area contributed by atoms with E-state index >= 15 is 0 Å². The lowest BCUT2D eigenvalue weighted by Crippen LogP contribution is -2.13. The van der Waals surface area contributed by atoms with Crippen molar-refractivity contribution < 1.29 is 4.74 Å². The molecule has 7 heteroatoms. The van der Waals surface area contributed by atoms with Gasteiger partial charge in [-0.2, -0.15) is 0 Å². The molecule has 7 nitrogen and oxygen atoms in total. The summed E-state index contributed by atoms with van der Waals surface area (Å²) >= 11 is 0. The molecule has 4 aromatic rings. The molecule has 0 radical (unpaired) electrons. The molecule has 1 aromatic carbocycles. The summed E-state index contributed by atoms with van der Waals surface area (Å²) in [5.74, 6) is 1.43. The number of nitrogens with zero attached hydrogens (tertiary/aromatic N) is 3. The lowest BCUT2D eigenvalue weighted by Gasteiger charge is -2.09. The molecule has 0 spiro atoms. The molecular formula is C19H19N5O2. The van der Waals surface area contributed by atoms with Gasteiger partial charge < -0.3 is 19.3 Å². The van der Waals surface area contributed by atoms with E-state index in [0.29, 0.717) is 24.5 Å². The minimum Gasteiger partial charge on any atom is -0.494 e. The Morgan fingerprint density at radius 1 is 1.27 bits per heavy atom. The van der Waals surface area contributed by atoms with Crippen LogP contribution in [0, 0.1) is 0 Å². The highest BCUT2D eigenvalue weighted by Gasteiger charge is 2.12. The van der Waals surface area contributed by atoms with Crippen molar-refractivity contribution in [1.82, 2.24) is 24.5 Å². The first-order valence-electron chi connectivity index (χ1n) is 8.53. The molecule has 3 heterocycles. The molecule has 0 atom stereocenters. The van der Waals surface area contributed by atoms with E-state index in [9.17, 15) is 4.79 Å². The summed E-state index contributed by atoms with van der Waals surface area (Å²) in [5.41, 5.74) is 2.20. The topological polar surface area (TPSA) is 88.6 Å². The smallest absolute Gasteiger partial charge is 0.259 e. The maximum Gasteiger partial charge on any atom is 0.259 e. The van der Waals surface area contributed by atoms with E-state index in [0.717, 1.165) is 28.8 Å². The van der Waals surface area contributed by atoms with Crippen LogP contribution in [0.15, 0.2) is 54.0 Å².